The smallest absolute Gasteiger partial charge is 0.128 e. The van der Waals surface area contributed by atoms with Gasteiger partial charge in [-0.25, -0.2) is 4.98 Å². The molecule has 0 aliphatic rings. The van der Waals surface area contributed by atoms with Crippen LogP contribution in [0.5, 0.6) is 0 Å². The van der Waals surface area contributed by atoms with E-state index < -0.39 is 0 Å². The van der Waals surface area contributed by atoms with Crippen molar-refractivity contribution in [1.82, 2.24) is 10.3 Å². The highest BCUT2D eigenvalue weighted by molar-refractivity contribution is 7.09. The molecule has 1 unspecified atom stereocenters. The normalized spacial score (nSPS) is 12.3. The summed E-state index contributed by atoms with van der Waals surface area (Å²) in [6, 6.07) is 8.93. The summed E-state index contributed by atoms with van der Waals surface area (Å²) in [5.41, 5.74) is 1.24. The maximum atomic E-state index is 4.57. The van der Waals surface area contributed by atoms with Gasteiger partial charge in [0.2, 0.25) is 0 Å². The van der Waals surface area contributed by atoms with Crippen LogP contribution in [0, 0.1) is 0 Å². The van der Waals surface area contributed by atoms with Gasteiger partial charge < -0.3 is 10.2 Å². The maximum Gasteiger partial charge on any atom is 0.128 e. The van der Waals surface area contributed by atoms with E-state index in [1.54, 1.807) is 0 Å². The molecule has 20 heavy (non-hydrogen) atoms. The zero-order chi connectivity index (χ0) is 14.4. The standard InChI is InChI=1S/C16H23N3S/c1-4-17-13(2)14-7-8-16(18-12-14)19(3)10-9-15-6-5-11-20-15/h5-8,11-13,17H,4,9-10H2,1-3H3. The molecule has 2 rings (SSSR count). The Morgan fingerprint density at radius 1 is 1.35 bits per heavy atom. The number of likely N-dealkylation sites (N-methyl/N-ethyl adjacent to an activating group) is 1. The Bertz CT molecular complexity index is 493. The van der Waals surface area contributed by atoms with E-state index in [2.05, 4.69) is 65.7 Å². The zero-order valence-electron chi connectivity index (χ0n) is 12.5. The van der Waals surface area contributed by atoms with E-state index >= 15 is 0 Å². The lowest BCUT2D eigenvalue weighted by atomic mass is 10.1. The highest BCUT2D eigenvalue weighted by atomic mass is 32.1. The summed E-state index contributed by atoms with van der Waals surface area (Å²) in [5, 5.41) is 5.53. The number of rotatable bonds is 7. The van der Waals surface area contributed by atoms with Gasteiger partial charge in [-0.15, -0.1) is 11.3 Å². The van der Waals surface area contributed by atoms with E-state index in [4.69, 9.17) is 0 Å². The van der Waals surface area contributed by atoms with Crippen molar-refractivity contribution in [2.75, 3.05) is 25.0 Å². The first-order valence-electron chi connectivity index (χ1n) is 7.13. The van der Waals surface area contributed by atoms with Crippen molar-refractivity contribution in [3.63, 3.8) is 0 Å². The number of anilines is 1. The summed E-state index contributed by atoms with van der Waals surface area (Å²) in [5.74, 6) is 1.04. The molecule has 2 aromatic heterocycles. The molecular weight excluding hydrogens is 266 g/mol. The molecule has 0 fully saturated rings. The summed E-state index contributed by atoms with van der Waals surface area (Å²) in [4.78, 5) is 8.21. The summed E-state index contributed by atoms with van der Waals surface area (Å²) >= 11 is 1.82. The van der Waals surface area contributed by atoms with Gasteiger partial charge in [0.1, 0.15) is 5.82 Å². The second-order valence-corrected chi connectivity index (χ2v) is 6.01. The first-order valence-corrected chi connectivity index (χ1v) is 8.01. The van der Waals surface area contributed by atoms with Gasteiger partial charge in [0.25, 0.3) is 0 Å². The van der Waals surface area contributed by atoms with Gasteiger partial charge in [0, 0.05) is 30.7 Å². The van der Waals surface area contributed by atoms with Crippen LogP contribution in [-0.2, 0) is 6.42 Å². The Morgan fingerprint density at radius 3 is 2.80 bits per heavy atom. The highest BCUT2D eigenvalue weighted by Gasteiger charge is 2.07. The maximum absolute atomic E-state index is 4.57. The minimum Gasteiger partial charge on any atom is -0.359 e. The molecule has 2 heterocycles. The van der Waals surface area contributed by atoms with Gasteiger partial charge in [-0.3, -0.25) is 0 Å². The first-order chi connectivity index (χ1) is 9.70. The Labute approximate surface area is 125 Å². The van der Waals surface area contributed by atoms with Crippen LogP contribution in [0.25, 0.3) is 0 Å². The van der Waals surface area contributed by atoms with Crippen molar-refractivity contribution in [1.29, 1.82) is 0 Å². The van der Waals surface area contributed by atoms with Crippen molar-refractivity contribution >= 4 is 17.2 Å². The molecule has 0 amide bonds. The third-order valence-corrected chi connectivity index (χ3v) is 4.38. The van der Waals surface area contributed by atoms with Crippen LogP contribution in [0.2, 0.25) is 0 Å². The monoisotopic (exact) mass is 289 g/mol. The molecule has 0 saturated carbocycles. The summed E-state index contributed by atoms with van der Waals surface area (Å²) in [6.07, 6.45) is 3.05. The van der Waals surface area contributed by atoms with Gasteiger partial charge >= 0.3 is 0 Å². The second kappa shape index (κ2) is 7.41. The Balaban J connectivity index is 1.91. The molecule has 0 bridgehead atoms. The Morgan fingerprint density at radius 2 is 2.20 bits per heavy atom. The zero-order valence-corrected chi connectivity index (χ0v) is 13.3. The molecule has 0 saturated heterocycles. The third kappa shape index (κ3) is 4.05. The Hall–Kier alpha value is -1.39. The lowest BCUT2D eigenvalue weighted by Crippen LogP contribution is -2.22. The highest BCUT2D eigenvalue weighted by Crippen LogP contribution is 2.16. The first kappa shape index (κ1) is 15.0. The van der Waals surface area contributed by atoms with Crippen LogP contribution in [0.1, 0.15) is 30.3 Å². The van der Waals surface area contributed by atoms with Gasteiger partial charge in [-0.05, 0) is 43.0 Å². The van der Waals surface area contributed by atoms with E-state index in [9.17, 15) is 0 Å². The van der Waals surface area contributed by atoms with Crippen LogP contribution in [-0.4, -0.2) is 25.1 Å². The van der Waals surface area contributed by atoms with Gasteiger partial charge in [0.15, 0.2) is 0 Å². The average Bonchev–Trinajstić information content (AvgIpc) is 2.98. The van der Waals surface area contributed by atoms with Crippen molar-refractivity contribution in [2.24, 2.45) is 0 Å². The summed E-state index contributed by atoms with van der Waals surface area (Å²) in [6.45, 7) is 6.26. The molecule has 0 spiro atoms. The number of nitrogens with zero attached hydrogens (tertiary/aromatic N) is 2. The van der Waals surface area contributed by atoms with Gasteiger partial charge in [-0.1, -0.05) is 19.1 Å². The van der Waals surface area contributed by atoms with Gasteiger partial charge in [0.05, 0.1) is 0 Å². The van der Waals surface area contributed by atoms with Crippen LogP contribution < -0.4 is 10.2 Å². The lowest BCUT2D eigenvalue weighted by molar-refractivity contribution is 0.596. The molecule has 0 radical (unpaired) electrons. The number of aromatic nitrogens is 1. The number of hydrogen-bond acceptors (Lipinski definition) is 4. The number of nitrogens with one attached hydrogen (secondary N) is 1. The molecule has 0 aromatic carbocycles. The van der Waals surface area contributed by atoms with Crippen LogP contribution in [0.15, 0.2) is 35.8 Å². The lowest BCUT2D eigenvalue weighted by Gasteiger charge is -2.19. The molecule has 1 atom stereocenters. The van der Waals surface area contributed by atoms with Crippen LogP contribution in [0.4, 0.5) is 5.82 Å². The van der Waals surface area contributed by atoms with E-state index in [0.29, 0.717) is 6.04 Å². The fourth-order valence-electron chi connectivity index (χ4n) is 2.15. The van der Waals surface area contributed by atoms with Crippen LogP contribution in [0.3, 0.4) is 0 Å². The molecule has 4 heteroatoms. The predicted molar refractivity (Wildman–Crippen MR) is 87.6 cm³/mol. The van der Waals surface area contributed by atoms with Crippen LogP contribution >= 0.6 is 11.3 Å². The van der Waals surface area contributed by atoms with Crippen molar-refractivity contribution in [3.8, 4) is 0 Å². The Kier molecular flexibility index (Phi) is 5.56. The number of thiophene rings is 1. The molecule has 2 aromatic rings. The molecule has 0 aliphatic carbocycles. The fourth-order valence-corrected chi connectivity index (χ4v) is 2.85. The van der Waals surface area contributed by atoms with Crippen molar-refractivity contribution in [2.45, 2.75) is 26.3 Å². The third-order valence-electron chi connectivity index (χ3n) is 3.45. The molecule has 108 valence electrons. The summed E-state index contributed by atoms with van der Waals surface area (Å²) < 4.78 is 0. The number of pyridine rings is 1. The van der Waals surface area contributed by atoms with E-state index in [1.807, 2.05) is 17.5 Å². The SMILES string of the molecule is CCNC(C)c1ccc(N(C)CCc2cccs2)nc1. The quantitative estimate of drug-likeness (QED) is 0.845. The topological polar surface area (TPSA) is 28.2 Å². The summed E-state index contributed by atoms with van der Waals surface area (Å²) in [7, 11) is 2.10. The van der Waals surface area contributed by atoms with E-state index in [0.717, 1.165) is 25.3 Å². The van der Waals surface area contributed by atoms with Crippen molar-refractivity contribution < 1.29 is 0 Å². The number of hydrogen-bond donors (Lipinski definition) is 1. The minimum atomic E-state index is 0.359. The molecule has 0 aliphatic heterocycles. The van der Waals surface area contributed by atoms with E-state index in [-0.39, 0.29) is 0 Å². The van der Waals surface area contributed by atoms with Gasteiger partial charge in [-0.2, -0.15) is 0 Å². The largest absolute Gasteiger partial charge is 0.359 e. The fraction of sp³-hybridized carbons (Fsp3) is 0.438. The van der Waals surface area contributed by atoms with E-state index in [1.165, 1.54) is 10.4 Å². The molecule has 1 N–H and O–H groups in total. The molecular formula is C16H23N3S. The predicted octanol–water partition coefficient (Wildman–Crippen LogP) is 3.49. The minimum absolute atomic E-state index is 0.359. The second-order valence-electron chi connectivity index (χ2n) is 4.98. The molecule has 3 nitrogen and oxygen atoms in total. The van der Waals surface area contributed by atoms with Crippen molar-refractivity contribution in [3.05, 3.63) is 46.3 Å². The average molecular weight is 289 g/mol.